The fourth-order valence-corrected chi connectivity index (χ4v) is 3.12. The van der Waals surface area contributed by atoms with Crippen molar-refractivity contribution in [3.05, 3.63) is 63.1 Å². The van der Waals surface area contributed by atoms with Gasteiger partial charge in [-0.15, -0.1) is 0 Å². The van der Waals surface area contributed by atoms with E-state index in [1.807, 2.05) is 6.07 Å². The van der Waals surface area contributed by atoms with Crippen LogP contribution in [0.15, 0.2) is 56.1 Å². The van der Waals surface area contributed by atoms with E-state index in [2.05, 4.69) is 15.9 Å². The summed E-state index contributed by atoms with van der Waals surface area (Å²) in [7, 11) is 1.58. The number of methoxy groups -OCH3 is 1. The zero-order valence-corrected chi connectivity index (χ0v) is 15.3. The van der Waals surface area contributed by atoms with Gasteiger partial charge in [0.25, 0.3) is 0 Å². The van der Waals surface area contributed by atoms with Gasteiger partial charge in [-0.05, 0) is 52.7 Å². The zero-order valence-electron chi connectivity index (χ0n) is 13.7. The monoisotopic (exact) mass is 405 g/mol. The van der Waals surface area contributed by atoms with Gasteiger partial charge in [-0.2, -0.15) is 0 Å². The van der Waals surface area contributed by atoms with E-state index in [1.165, 1.54) is 4.57 Å². The average Bonchev–Trinajstić information content (AvgIpc) is 2.94. The van der Waals surface area contributed by atoms with Crippen molar-refractivity contribution in [1.29, 1.82) is 0 Å². The maximum atomic E-state index is 12.4. The van der Waals surface area contributed by atoms with Crippen molar-refractivity contribution in [1.82, 2.24) is 4.57 Å². The molecule has 0 spiro atoms. The van der Waals surface area contributed by atoms with Gasteiger partial charge in [0.05, 0.1) is 17.1 Å². The van der Waals surface area contributed by atoms with Crippen LogP contribution in [-0.4, -0.2) is 17.6 Å². The fraction of sp³-hybridized carbons (Fsp3) is 0.222. The fourth-order valence-electron chi connectivity index (χ4n) is 2.53. The van der Waals surface area contributed by atoms with Crippen LogP contribution in [0.1, 0.15) is 18.5 Å². The van der Waals surface area contributed by atoms with Gasteiger partial charge in [0, 0.05) is 0 Å². The molecule has 0 aliphatic rings. The first-order valence-electron chi connectivity index (χ1n) is 7.60. The maximum absolute atomic E-state index is 12.4. The molecular weight excluding hydrogens is 390 g/mol. The lowest BCUT2D eigenvalue weighted by atomic mass is 10.2. The molecule has 1 aromatic heterocycles. The van der Waals surface area contributed by atoms with Gasteiger partial charge < -0.3 is 13.9 Å². The number of carbonyl (C=O) groups is 1. The smallest absolute Gasteiger partial charge is 0.420 e. The van der Waals surface area contributed by atoms with Crippen molar-refractivity contribution in [2.75, 3.05) is 7.11 Å². The molecule has 6 nitrogen and oxygen atoms in total. The molecule has 7 heteroatoms. The number of nitrogens with zero attached hydrogens (tertiary/aromatic N) is 1. The topological polar surface area (TPSA) is 70.7 Å². The van der Waals surface area contributed by atoms with Gasteiger partial charge in [-0.25, -0.2) is 9.59 Å². The number of aromatic nitrogens is 1. The van der Waals surface area contributed by atoms with Gasteiger partial charge in [-0.1, -0.05) is 18.2 Å². The minimum absolute atomic E-state index is 0.0936. The van der Waals surface area contributed by atoms with Crippen LogP contribution in [-0.2, 0) is 16.1 Å². The van der Waals surface area contributed by atoms with Gasteiger partial charge in [-0.3, -0.25) is 4.57 Å². The van der Waals surface area contributed by atoms with E-state index in [-0.39, 0.29) is 6.61 Å². The number of carbonyl (C=O) groups excluding carboxylic acids is 1. The molecule has 0 N–H and O–H groups in total. The van der Waals surface area contributed by atoms with Crippen LogP contribution in [0, 0.1) is 0 Å². The van der Waals surface area contributed by atoms with E-state index in [4.69, 9.17) is 13.9 Å². The molecule has 0 radical (unpaired) electrons. The van der Waals surface area contributed by atoms with E-state index in [9.17, 15) is 9.59 Å². The number of benzene rings is 2. The Balaban J connectivity index is 1.75. The number of hydrogen-bond donors (Lipinski definition) is 0. The van der Waals surface area contributed by atoms with E-state index in [0.717, 1.165) is 10.0 Å². The molecule has 2 aromatic carbocycles. The molecule has 25 heavy (non-hydrogen) atoms. The lowest BCUT2D eigenvalue weighted by Crippen LogP contribution is -2.26. The highest BCUT2D eigenvalue weighted by atomic mass is 79.9. The average molecular weight is 406 g/mol. The van der Waals surface area contributed by atoms with Crippen LogP contribution in [0.25, 0.3) is 11.1 Å². The SMILES string of the molecule is COc1ccc(COC(=O)C(C)n2c(=O)oc3ccccc32)cc1Br. The van der Waals surface area contributed by atoms with E-state index in [1.54, 1.807) is 50.4 Å². The van der Waals surface area contributed by atoms with Gasteiger partial charge in [0.2, 0.25) is 0 Å². The van der Waals surface area contributed by atoms with Gasteiger partial charge in [0.15, 0.2) is 5.58 Å². The molecule has 0 bridgehead atoms. The molecule has 3 aromatic rings. The number of fused-ring (bicyclic) bond motifs is 1. The number of hydrogen-bond acceptors (Lipinski definition) is 5. The molecule has 130 valence electrons. The molecule has 0 aliphatic heterocycles. The molecule has 1 unspecified atom stereocenters. The van der Waals surface area contributed by atoms with Crippen molar-refractivity contribution in [2.24, 2.45) is 0 Å². The van der Waals surface area contributed by atoms with E-state index >= 15 is 0 Å². The molecule has 0 fully saturated rings. The first-order chi connectivity index (χ1) is 12.0. The number of ether oxygens (including phenoxy) is 2. The summed E-state index contributed by atoms with van der Waals surface area (Å²) in [5.41, 5.74) is 1.80. The largest absolute Gasteiger partial charge is 0.496 e. The summed E-state index contributed by atoms with van der Waals surface area (Å²) in [6.07, 6.45) is 0. The number of esters is 1. The minimum Gasteiger partial charge on any atom is -0.496 e. The highest BCUT2D eigenvalue weighted by Gasteiger charge is 2.22. The van der Waals surface area contributed by atoms with Crippen molar-refractivity contribution in [3.8, 4) is 5.75 Å². The van der Waals surface area contributed by atoms with Crippen LogP contribution < -0.4 is 10.5 Å². The third-order valence-electron chi connectivity index (χ3n) is 3.84. The van der Waals surface area contributed by atoms with Gasteiger partial charge >= 0.3 is 11.7 Å². The number of rotatable bonds is 5. The first kappa shape index (κ1) is 17.3. The molecular formula is C18H16BrNO5. The third kappa shape index (κ3) is 3.46. The summed E-state index contributed by atoms with van der Waals surface area (Å²) in [6, 6.07) is 11.6. The summed E-state index contributed by atoms with van der Waals surface area (Å²) in [5, 5.41) is 0. The Bertz CT molecular complexity index is 975. The Kier molecular flexibility index (Phi) is 4.94. The maximum Gasteiger partial charge on any atom is 0.420 e. The Morgan fingerprint density at radius 1 is 1.28 bits per heavy atom. The molecule has 0 aliphatic carbocycles. The second-order valence-electron chi connectivity index (χ2n) is 5.46. The normalized spacial score (nSPS) is 12.1. The lowest BCUT2D eigenvalue weighted by molar-refractivity contribution is -0.148. The van der Waals surface area contributed by atoms with Crippen molar-refractivity contribution in [3.63, 3.8) is 0 Å². The van der Waals surface area contributed by atoms with Crippen molar-refractivity contribution < 1.29 is 18.7 Å². The number of para-hydroxylation sites is 2. The van der Waals surface area contributed by atoms with Crippen molar-refractivity contribution >= 4 is 33.0 Å². The zero-order chi connectivity index (χ0) is 18.0. The molecule has 0 amide bonds. The molecule has 1 atom stereocenters. The molecule has 1 heterocycles. The number of oxazole rings is 1. The summed E-state index contributed by atoms with van der Waals surface area (Å²) < 4.78 is 17.7. The summed E-state index contributed by atoms with van der Waals surface area (Å²) in [4.78, 5) is 24.4. The van der Waals surface area contributed by atoms with Crippen LogP contribution in [0.4, 0.5) is 0 Å². The highest BCUT2D eigenvalue weighted by molar-refractivity contribution is 9.10. The lowest BCUT2D eigenvalue weighted by Gasteiger charge is -2.13. The highest BCUT2D eigenvalue weighted by Crippen LogP contribution is 2.26. The second-order valence-corrected chi connectivity index (χ2v) is 6.31. The van der Waals surface area contributed by atoms with E-state index in [0.29, 0.717) is 16.8 Å². The Morgan fingerprint density at radius 3 is 2.76 bits per heavy atom. The van der Waals surface area contributed by atoms with Crippen LogP contribution in [0.5, 0.6) is 5.75 Å². The molecule has 3 rings (SSSR count). The standard InChI is InChI=1S/C18H16BrNO5/c1-11(20-14-5-3-4-6-16(14)25-18(20)22)17(21)24-10-12-7-8-15(23-2)13(19)9-12/h3-9,11H,10H2,1-2H3. The second kappa shape index (κ2) is 7.14. The van der Waals surface area contributed by atoms with E-state index < -0.39 is 17.8 Å². The first-order valence-corrected chi connectivity index (χ1v) is 8.39. The van der Waals surface area contributed by atoms with Crippen molar-refractivity contribution in [2.45, 2.75) is 19.6 Å². The molecule has 0 saturated carbocycles. The van der Waals surface area contributed by atoms with Crippen LogP contribution in [0.2, 0.25) is 0 Å². The summed E-state index contributed by atoms with van der Waals surface area (Å²) in [6.45, 7) is 1.70. The van der Waals surface area contributed by atoms with Crippen LogP contribution >= 0.6 is 15.9 Å². The predicted molar refractivity (Wildman–Crippen MR) is 95.7 cm³/mol. The Hall–Kier alpha value is -2.54. The third-order valence-corrected chi connectivity index (χ3v) is 4.46. The quantitative estimate of drug-likeness (QED) is 0.605. The van der Waals surface area contributed by atoms with Gasteiger partial charge in [0.1, 0.15) is 18.4 Å². The summed E-state index contributed by atoms with van der Waals surface area (Å²) >= 11 is 3.39. The van der Waals surface area contributed by atoms with Crippen LogP contribution in [0.3, 0.4) is 0 Å². The summed E-state index contributed by atoms with van der Waals surface area (Å²) in [5.74, 6) is -0.404. The predicted octanol–water partition coefficient (Wildman–Crippen LogP) is 3.67. The molecule has 0 saturated heterocycles. The Labute approximate surface area is 152 Å². The Morgan fingerprint density at radius 2 is 2.04 bits per heavy atom. The minimum atomic E-state index is -0.794. The number of halogens is 1.